The summed E-state index contributed by atoms with van der Waals surface area (Å²) in [7, 11) is -3.57. The third-order valence-corrected chi connectivity index (χ3v) is 7.76. The molecule has 1 saturated heterocycles. The number of nitrogens with zero attached hydrogens (tertiary/aromatic N) is 3. The summed E-state index contributed by atoms with van der Waals surface area (Å²) in [6.07, 6.45) is 4.89. The molecular weight excluding hydrogens is 393 g/mol. The molecule has 1 aromatic carbocycles. The molecule has 4 rings (SSSR count). The number of rotatable bonds is 3. The van der Waals surface area contributed by atoms with E-state index in [1.807, 2.05) is 24.4 Å². The molecule has 0 N–H and O–H groups in total. The number of piperidine rings is 1. The van der Waals surface area contributed by atoms with Crippen LogP contribution >= 0.6 is 23.2 Å². The van der Waals surface area contributed by atoms with Crippen LogP contribution in [0.3, 0.4) is 0 Å². The topological polar surface area (TPSA) is 45.6 Å². The average molecular weight is 414 g/mol. The van der Waals surface area contributed by atoms with Gasteiger partial charge in [0.25, 0.3) is 10.2 Å². The van der Waals surface area contributed by atoms with Crippen molar-refractivity contribution in [3.05, 3.63) is 57.8 Å². The van der Waals surface area contributed by atoms with Gasteiger partial charge in [0, 0.05) is 48.1 Å². The maximum absolute atomic E-state index is 13.4. The van der Waals surface area contributed by atoms with Crippen molar-refractivity contribution in [1.82, 2.24) is 13.2 Å². The number of aromatic nitrogens is 1. The molecule has 2 aliphatic rings. The Morgan fingerprint density at radius 1 is 0.962 bits per heavy atom. The summed E-state index contributed by atoms with van der Waals surface area (Å²) in [5.41, 5.74) is 1.69. The first-order valence-corrected chi connectivity index (χ1v) is 11.0. The zero-order chi connectivity index (χ0) is 18.3. The van der Waals surface area contributed by atoms with Crippen LogP contribution in [0.2, 0.25) is 10.0 Å². The van der Waals surface area contributed by atoms with Crippen molar-refractivity contribution in [2.24, 2.45) is 0 Å². The van der Waals surface area contributed by atoms with Gasteiger partial charge in [-0.05, 0) is 42.7 Å². The van der Waals surface area contributed by atoms with Crippen LogP contribution < -0.4 is 0 Å². The molecule has 140 valence electrons. The maximum atomic E-state index is 13.4. The van der Waals surface area contributed by atoms with Crippen LogP contribution in [-0.2, 0) is 16.8 Å². The molecule has 3 heterocycles. The Kier molecular flexibility index (Phi) is 5.05. The normalized spacial score (nSPS) is 22.3. The molecule has 26 heavy (non-hydrogen) atoms. The van der Waals surface area contributed by atoms with Crippen LogP contribution in [0.4, 0.5) is 0 Å². The number of hydrogen-bond donors (Lipinski definition) is 0. The molecular formula is C18H21Cl2N3O2S. The fourth-order valence-electron chi connectivity index (χ4n) is 3.89. The quantitative estimate of drug-likeness (QED) is 0.764. The third kappa shape index (κ3) is 3.18. The molecule has 1 atom stereocenters. The van der Waals surface area contributed by atoms with E-state index in [0.29, 0.717) is 36.2 Å². The van der Waals surface area contributed by atoms with Crippen LogP contribution in [0.1, 0.15) is 36.6 Å². The van der Waals surface area contributed by atoms with Gasteiger partial charge in [0.1, 0.15) is 0 Å². The lowest BCUT2D eigenvalue weighted by Gasteiger charge is -2.40. The van der Waals surface area contributed by atoms with Crippen molar-refractivity contribution >= 4 is 33.4 Å². The van der Waals surface area contributed by atoms with Gasteiger partial charge in [-0.1, -0.05) is 35.7 Å². The van der Waals surface area contributed by atoms with E-state index in [2.05, 4.69) is 4.57 Å². The minimum atomic E-state index is -3.57. The molecule has 5 nitrogen and oxygen atoms in total. The summed E-state index contributed by atoms with van der Waals surface area (Å²) >= 11 is 12.5. The Balaban J connectivity index is 1.80. The summed E-state index contributed by atoms with van der Waals surface area (Å²) in [5, 5.41) is 1.02. The largest absolute Gasteiger partial charge is 0.348 e. The predicted molar refractivity (Wildman–Crippen MR) is 104 cm³/mol. The highest BCUT2D eigenvalue weighted by Gasteiger charge is 2.40. The first-order valence-electron chi connectivity index (χ1n) is 8.85. The van der Waals surface area contributed by atoms with Crippen molar-refractivity contribution < 1.29 is 8.42 Å². The molecule has 8 heteroatoms. The summed E-state index contributed by atoms with van der Waals surface area (Å²) in [5.74, 6) is 0. The van der Waals surface area contributed by atoms with Crippen molar-refractivity contribution in [1.29, 1.82) is 0 Å². The summed E-state index contributed by atoms with van der Waals surface area (Å²) in [6.45, 7) is 2.23. The van der Waals surface area contributed by atoms with E-state index in [0.717, 1.165) is 30.5 Å². The van der Waals surface area contributed by atoms with E-state index in [1.54, 1.807) is 20.7 Å². The zero-order valence-electron chi connectivity index (χ0n) is 14.3. The second-order valence-corrected chi connectivity index (χ2v) is 9.50. The molecule has 1 fully saturated rings. The van der Waals surface area contributed by atoms with E-state index in [9.17, 15) is 8.42 Å². The maximum Gasteiger partial charge on any atom is 0.282 e. The third-order valence-electron chi connectivity index (χ3n) is 5.19. The molecule has 2 aliphatic heterocycles. The lowest BCUT2D eigenvalue weighted by atomic mass is 10.0. The van der Waals surface area contributed by atoms with Gasteiger partial charge in [0.15, 0.2) is 0 Å². The lowest BCUT2D eigenvalue weighted by Crippen LogP contribution is -2.50. The Hall–Kier alpha value is -1.05. The molecule has 2 aromatic rings. The van der Waals surface area contributed by atoms with Crippen LogP contribution in [0.25, 0.3) is 0 Å². The monoisotopic (exact) mass is 413 g/mol. The van der Waals surface area contributed by atoms with E-state index in [1.165, 1.54) is 0 Å². The Labute approximate surface area is 164 Å². The second kappa shape index (κ2) is 7.17. The van der Waals surface area contributed by atoms with Gasteiger partial charge in [0.2, 0.25) is 0 Å². The van der Waals surface area contributed by atoms with Crippen LogP contribution in [-0.4, -0.2) is 41.2 Å². The highest BCUT2D eigenvalue weighted by Crippen LogP contribution is 2.39. The predicted octanol–water partition coefficient (Wildman–Crippen LogP) is 3.93. The highest BCUT2D eigenvalue weighted by molar-refractivity contribution is 7.86. The SMILES string of the molecule is O=S(=O)(N1CCCCC1)N1CCn2cccc2C1c1ccc(Cl)cc1Cl. The molecule has 0 saturated carbocycles. The first kappa shape index (κ1) is 18.3. The first-order chi connectivity index (χ1) is 12.5. The fraction of sp³-hybridized carbons (Fsp3) is 0.444. The van der Waals surface area contributed by atoms with E-state index in [4.69, 9.17) is 23.2 Å². The zero-order valence-corrected chi connectivity index (χ0v) is 16.6. The van der Waals surface area contributed by atoms with E-state index >= 15 is 0 Å². The van der Waals surface area contributed by atoms with E-state index in [-0.39, 0.29) is 0 Å². The van der Waals surface area contributed by atoms with Crippen molar-refractivity contribution in [3.63, 3.8) is 0 Å². The number of fused-ring (bicyclic) bond motifs is 1. The van der Waals surface area contributed by atoms with Crippen molar-refractivity contribution in [2.75, 3.05) is 19.6 Å². The molecule has 1 aromatic heterocycles. The van der Waals surface area contributed by atoms with Crippen molar-refractivity contribution in [3.8, 4) is 0 Å². The van der Waals surface area contributed by atoms with Gasteiger partial charge in [-0.15, -0.1) is 0 Å². The summed E-state index contributed by atoms with van der Waals surface area (Å²) in [4.78, 5) is 0. The minimum Gasteiger partial charge on any atom is -0.348 e. The molecule has 0 bridgehead atoms. The highest BCUT2D eigenvalue weighted by atomic mass is 35.5. The smallest absolute Gasteiger partial charge is 0.282 e. The van der Waals surface area contributed by atoms with Gasteiger partial charge in [-0.3, -0.25) is 0 Å². The Morgan fingerprint density at radius 3 is 2.46 bits per heavy atom. The number of halogens is 2. The van der Waals surface area contributed by atoms with Crippen LogP contribution in [0, 0.1) is 0 Å². The molecule has 0 radical (unpaired) electrons. The molecule has 0 spiro atoms. The van der Waals surface area contributed by atoms with Crippen LogP contribution in [0.15, 0.2) is 36.5 Å². The number of benzene rings is 1. The summed E-state index contributed by atoms with van der Waals surface area (Å²) in [6, 6.07) is 8.73. The van der Waals surface area contributed by atoms with Gasteiger partial charge >= 0.3 is 0 Å². The van der Waals surface area contributed by atoms with Gasteiger partial charge in [-0.2, -0.15) is 17.0 Å². The Morgan fingerprint density at radius 2 is 1.73 bits per heavy atom. The Bertz CT molecular complexity index is 907. The standard InChI is InChI=1S/C18H21Cl2N3O2S/c19-14-6-7-15(16(20)13-14)18-17-5-4-8-21(17)11-12-23(18)26(24,25)22-9-2-1-3-10-22/h4-8,13,18H,1-3,9-12H2. The second-order valence-electron chi connectivity index (χ2n) is 6.77. The summed E-state index contributed by atoms with van der Waals surface area (Å²) < 4.78 is 32.1. The molecule has 0 aliphatic carbocycles. The van der Waals surface area contributed by atoms with Crippen molar-refractivity contribution in [2.45, 2.75) is 31.8 Å². The average Bonchev–Trinajstić information content (AvgIpc) is 3.11. The molecule has 1 unspecified atom stereocenters. The minimum absolute atomic E-state index is 0.421. The fourth-order valence-corrected chi connectivity index (χ4v) is 6.22. The van der Waals surface area contributed by atoms with E-state index < -0.39 is 16.3 Å². The van der Waals surface area contributed by atoms with Gasteiger partial charge in [0.05, 0.1) is 6.04 Å². The number of hydrogen-bond acceptors (Lipinski definition) is 2. The van der Waals surface area contributed by atoms with Crippen LogP contribution in [0.5, 0.6) is 0 Å². The molecule has 0 amide bonds. The van der Waals surface area contributed by atoms with Gasteiger partial charge in [-0.25, -0.2) is 0 Å². The lowest BCUT2D eigenvalue weighted by molar-refractivity contribution is 0.254. The van der Waals surface area contributed by atoms with Gasteiger partial charge < -0.3 is 4.57 Å².